The molecule has 5 aromatic rings. The Kier molecular flexibility index (Phi) is 3.95. The highest BCUT2D eigenvalue weighted by Crippen LogP contribution is 2.35. The highest BCUT2D eigenvalue weighted by atomic mass is 16.3. The van der Waals surface area contributed by atoms with Crippen molar-refractivity contribution in [3.05, 3.63) is 78.6 Å². The standard InChI is InChI=1S/C25H21N3O/c1-25(2,3)24-27-22(16-10-5-4-6-11-16)26-23(28-24)19-14-9-13-18-17-12-7-8-15-20(17)29-21(18)19/h4-15H,1-3H3. The molecule has 5 rings (SSSR count). The van der Waals surface area contributed by atoms with Crippen LogP contribution in [-0.2, 0) is 5.41 Å². The molecule has 0 saturated heterocycles. The lowest BCUT2D eigenvalue weighted by atomic mass is 9.95. The van der Waals surface area contributed by atoms with Gasteiger partial charge < -0.3 is 4.42 Å². The molecule has 0 radical (unpaired) electrons. The van der Waals surface area contributed by atoms with Crippen LogP contribution in [0, 0.1) is 0 Å². The second-order valence-electron chi connectivity index (χ2n) is 8.20. The highest BCUT2D eigenvalue weighted by Gasteiger charge is 2.22. The van der Waals surface area contributed by atoms with E-state index < -0.39 is 0 Å². The van der Waals surface area contributed by atoms with Gasteiger partial charge in [-0.1, -0.05) is 81.4 Å². The lowest BCUT2D eigenvalue weighted by Gasteiger charge is -2.18. The maximum absolute atomic E-state index is 6.21. The Morgan fingerprint density at radius 3 is 2.14 bits per heavy atom. The summed E-state index contributed by atoms with van der Waals surface area (Å²) < 4.78 is 6.21. The minimum atomic E-state index is -0.205. The number of furan rings is 1. The summed E-state index contributed by atoms with van der Waals surface area (Å²) >= 11 is 0. The van der Waals surface area contributed by atoms with Crippen molar-refractivity contribution in [1.29, 1.82) is 0 Å². The van der Waals surface area contributed by atoms with E-state index in [4.69, 9.17) is 19.4 Å². The summed E-state index contributed by atoms with van der Waals surface area (Å²) in [6, 6.07) is 24.2. The molecule has 0 bridgehead atoms. The van der Waals surface area contributed by atoms with Gasteiger partial charge in [0.1, 0.15) is 17.0 Å². The maximum atomic E-state index is 6.21. The lowest BCUT2D eigenvalue weighted by molar-refractivity contribution is 0.543. The van der Waals surface area contributed by atoms with Crippen molar-refractivity contribution in [3.63, 3.8) is 0 Å². The van der Waals surface area contributed by atoms with E-state index in [2.05, 4.69) is 32.9 Å². The average molecular weight is 379 g/mol. The molecule has 142 valence electrons. The molecule has 0 saturated carbocycles. The van der Waals surface area contributed by atoms with Gasteiger partial charge in [-0.3, -0.25) is 0 Å². The molecule has 29 heavy (non-hydrogen) atoms. The topological polar surface area (TPSA) is 51.8 Å². The highest BCUT2D eigenvalue weighted by molar-refractivity contribution is 6.09. The van der Waals surface area contributed by atoms with Gasteiger partial charge in [-0.2, -0.15) is 0 Å². The van der Waals surface area contributed by atoms with Crippen LogP contribution in [-0.4, -0.2) is 15.0 Å². The molecular formula is C25H21N3O. The van der Waals surface area contributed by atoms with Gasteiger partial charge in [-0.05, 0) is 12.1 Å². The summed E-state index contributed by atoms with van der Waals surface area (Å²) in [6.07, 6.45) is 0. The quantitative estimate of drug-likeness (QED) is 0.356. The van der Waals surface area contributed by atoms with Crippen molar-refractivity contribution in [2.24, 2.45) is 0 Å². The minimum Gasteiger partial charge on any atom is -0.455 e. The van der Waals surface area contributed by atoms with Crippen LogP contribution >= 0.6 is 0 Å². The van der Waals surface area contributed by atoms with Crippen LogP contribution in [0.2, 0.25) is 0 Å². The van der Waals surface area contributed by atoms with E-state index >= 15 is 0 Å². The summed E-state index contributed by atoms with van der Waals surface area (Å²) in [6.45, 7) is 6.34. The van der Waals surface area contributed by atoms with E-state index in [0.717, 1.165) is 38.9 Å². The predicted molar refractivity (Wildman–Crippen MR) is 117 cm³/mol. The molecule has 0 aliphatic heterocycles. The number of para-hydroxylation sites is 2. The van der Waals surface area contributed by atoms with Gasteiger partial charge in [0, 0.05) is 21.8 Å². The van der Waals surface area contributed by atoms with E-state index in [1.54, 1.807) is 0 Å². The first-order chi connectivity index (χ1) is 14.0. The molecule has 0 unspecified atom stereocenters. The molecule has 3 aromatic carbocycles. The third-order valence-electron chi connectivity index (χ3n) is 4.98. The Morgan fingerprint density at radius 2 is 1.34 bits per heavy atom. The van der Waals surface area contributed by atoms with Crippen molar-refractivity contribution in [2.75, 3.05) is 0 Å². The van der Waals surface area contributed by atoms with E-state index in [9.17, 15) is 0 Å². The van der Waals surface area contributed by atoms with Crippen molar-refractivity contribution in [2.45, 2.75) is 26.2 Å². The van der Waals surface area contributed by atoms with E-state index in [0.29, 0.717) is 11.6 Å². The third-order valence-corrected chi connectivity index (χ3v) is 4.98. The molecular weight excluding hydrogens is 358 g/mol. The van der Waals surface area contributed by atoms with Gasteiger partial charge in [0.25, 0.3) is 0 Å². The first-order valence-electron chi connectivity index (χ1n) is 9.73. The van der Waals surface area contributed by atoms with Crippen molar-refractivity contribution in [3.8, 4) is 22.8 Å². The fourth-order valence-electron chi connectivity index (χ4n) is 3.47. The molecule has 0 N–H and O–H groups in total. The van der Waals surface area contributed by atoms with E-state index in [1.165, 1.54) is 0 Å². The number of hydrogen-bond acceptors (Lipinski definition) is 4. The molecule has 0 aliphatic carbocycles. The molecule has 2 heterocycles. The van der Waals surface area contributed by atoms with Crippen LogP contribution in [0.4, 0.5) is 0 Å². The van der Waals surface area contributed by atoms with Crippen molar-refractivity contribution >= 4 is 21.9 Å². The maximum Gasteiger partial charge on any atom is 0.167 e. The van der Waals surface area contributed by atoms with Crippen LogP contribution in [0.25, 0.3) is 44.7 Å². The summed E-state index contributed by atoms with van der Waals surface area (Å²) in [5, 5.41) is 2.16. The monoisotopic (exact) mass is 379 g/mol. The summed E-state index contributed by atoms with van der Waals surface area (Å²) in [5.74, 6) is 2.07. The second kappa shape index (κ2) is 6.52. The van der Waals surface area contributed by atoms with Gasteiger partial charge in [0.15, 0.2) is 11.6 Å². The smallest absolute Gasteiger partial charge is 0.167 e. The molecule has 0 spiro atoms. The van der Waals surface area contributed by atoms with Gasteiger partial charge in [0.05, 0.1) is 5.56 Å². The van der Waals surface area contributed by atoms with Gasteiger partial charge in [-0.15, -0.1) is 0 Å². The van der Waals surface area contributed by atoms with Gasteiger partial charge in [0.2, 0.25) is 0 Å². The molecule has 2 aromatic heterocycles. The third kappa shape index (κ3) is 3.07. The molecule has 0 amide bonds. The van der Waals surface area contributed by atoms with Gasteiger partial charge >= 0.3 is 0 Å². The Labute approximate surface area is 169 Å². The lowest BCUT2D eigenvalue weighted by Crippen LogP contribution is -2.18. The summed E-state index contributed by atoms with van der Waals surface area (Å²) in [7, 11) is 0. The fourth-order valence-corrected chi connectivity index (χ4v) is 3.47. The predicted octanol–water partition coefficient (Wildman–Crippen LogP) is 6.40. The van der Waals surface area contributed by atoms with Crippen molar-refractivity contribution < 1.29 is 4.42 Å². The van der Waals surface area contributed by atoms with Gasteiger partial charge in [-0.25, -0.2) is 15.0 Å². The molecule has 0 atom stereocenters. The van der Waals surface area contributed by atoms with Crippen LogP contribution in [0.3, 0.4) is 0 Å². The fraction of sp³-hybridized carbons (Fsp3) is 0.160. The summed E-state index contributed by atoms with van der Waals surface area (Å²) in [5.41, 5.74) is 3.31. The molecule has 0 fully saturated rings. The number of aromatic nitrogens is 3. The van der Waals surface area contributed by atoms with Crippen LogP contribution in [0.5, 0.6) is 0 Å². The molecule has 4 heteroatoms. The number of rotatable bonds is 2. The zero-order chi connectivity index (χ0) is 20.0. The first kappa shape index (κ1) is 17.6. The largest absolute Gasteiger partial charge is 0.455 e. The summed E-state index contributed by atoms with van der Waals surface area (Å²) in [4.78, 5) is 14.4. The van der Waals surface area contributed by atoms with Crippen molar-refractivity contribution in [1.82, 2.24) is 15.0 Å². The van der Waals surface area contributed by atoms with E-state index in [1.807, 2.05) is 60.7 Å². The Morgan fingerprint density at radius 1 is 0.655 bits per heavy atom. The Bertz CT molecular complexity index is 1330. The van der Waals surface area contributed by atoms with E-state index in [-0.39, 0.29) is 5.41 Å². The Hall–Kier alpha value is -3.53. The van der Waals surface area contributed by atoms with Crippen LogP contribution in [0.15, 0.2) is 77.2 Å². The molecule has 0 aliphatic rings. The SMILES string of the molecule is CC(C)(C)c1nc(-c2ccccc2)nc(-c2cccc3c2oc2ccccc23)n1. The number of benzene rings is 3. The number of nitrogens with zero attached hydrogens (tertiary/aromatic N) is 3. The zero-order valence-corrected chi connectivity index (χ0v) is 16.7. The molecule has 4 nitrogen and oxygen atoms in total. The zero-order valence-electron chi connectivity index (χ0n) is 16.7. The number of hydrogen-bond donors (Lipinski definition) is 0. The normalized spacial score (nSPS) is 12.0. The Balaban J connectivity index is 1.80. The van der Waals surface area contributed by atoms with Crippen LogP contribution < -0.4 is 0 Å². The first-order valence-corrected chi connectivity index (χ1v) is 9.73. The second-order valence-corrected chi connectivity index (χ2v) is 8.20. The minimum absolute atomic E-state index is 0.205. The van der Waals surface area contributed by atoms with Crippen LogP contribution in [0.1, 0.15) is 26.6 Å². The number of fused-ring (bicyclic) bond motifs is 3. The average Bonchev–Trinajstić information content (AvgIpc) is 3.12.